The third kappa shape index (κ3) is 6.79. The van der Waals surface area contributed by atoms with Gasteiger partial charge in [0.05, 0.1) is 25.2 Å². The van der Waals surface area contributed by atoms with Gasteiger partial charge in [0.1, 0.15) is 31.0 Å². The number of aromatic nitrogens is 4. The first-order chi connectivity index (χ1) is 17.5. The van der Waals surface area contributed by atoms with E-state index in [1.165, 1.54) is 23.3 Å². The zero-order chi connectivity index (χ0) is 25.3. The minimum atomic E-state index is -0.308. The molecule has 0 saturated carbocycles. The van der Waals surface area contributed by atoms with Gasteiger partial charge in [0.25, 0.3) is 5.56 Å². The molecule has 0 aliphatic carbocycles. The average molecular weight is 494 g/mol. The highest BCUT2D eigenvalue weighted by atomic mass is 16.5. The molecule has 36 heavy (non-hydrogen) atoms. The number of rotatable bonds is 10. The lowest BCUT2D eigenvalue weighted by molar-refractivity contribution is -0.121. The van der Waals surface area contributed by atoms with Crippen molar-refractivity contribution in [2.45, 2.75) is 13.5 Å². The van der Waals surface area contributed by atoms with E-state index in [1.54, 1.807) is 0 Å². The predicted molar refractivity (Wildman–Crippen MR) is 135 cm³/mol. The Morgan fingerprint density at radius 3 is 2.53 bits per heavy atom. The van der Waals surface area contributed by atoms with Crippen molar-refractivity contribution >= 4 is 11.7 Å². The smallest absolute Gasteiger partial charge is 0.254 e. The number of benzene rings is 1. The second-order valence-corrected chi connectivity index (χ2v) is 8.40. The van der Waals surface area contributed by atoms with Gasteiger partial charge in [0, 0.05) is 43.9 Å². The Bertz CT molecular complexity index is 1210. The lowest BCUT2D eigenvalue weighted by Gasteiger charge is -2.33. The van der Waals surface area contributed by atoms with Crippen molar-refractivity contribution < 1.29 is 14.3 Å². The van der Waals surface area contributed by atoms with Gasteiger partial charge in [-0.05, 0) is 38.2 Å². The van der Waals surface area contributed by atoms with E-state index >= 15 is 0 Å². The van der Waals surface area contributed by atoms with Crippen molar-refractivity contribution in [1.82, 2.24) is 29.7 Å². The highest BCUT2D eigenvalue weighted by molar-refractivity contribution is 5.75. The summed E-state index contributed by atoms with van der Waals surface area (Å²) in [5.41, 5.74) is 1.02. The number of hydrogen-bond donors (Lipinski definition) is 1. The van der Waals surface area contributed by atoms with Gasteiger partial charge in [-0.3, -0.25) is 14.2 Å². The van der Waals surface area contributed by atoms with Crippen LogP contribution in [0.15, 0.2) is 53.8 Å². The first-order valence-electron chi connectivity index (χ1n) is 12.0. The molecule has 0 radical (unpaired) electrons. The fourth-order valence-corrected chi connectivity index (χ4v) is 3.77. The van der Waals surface area contributed by atoms with Crippen LogP contribution in [-0.4, -0.2) is 83.3 Å². The van der Waals surface area contributed by atoms with Crippen molar-refractivity contribution in [1.29, 1.82) is 0 Å². The van der Waals surface area contributed by atoms with Crippen LogP contribution in [0.5, 0.6) is 11.6 Å². The number of likely N-dealkylation sites (N-methyl/N-ethyl adjacent to an activating group) is 1. The standard InChI is InChI=1S/C25H31N7O4/c1-3-35-20-6-4-19(5-7-20)21-14-25(34)32(18-29-21)16-23(33)26-8-13-36-24-15-22(27-17-28-24)31-11-9-30(2)10-12-31/h4-7,14-15,17-18H,3,8-13,16H2,1-2H3,(H,26,33). The number of amides is 1. The minimum absolute atomic E-state index is 0.129. The van der Waals surface area contributed by atoms with Gasteiger partial charge in [-0.25, -0.2) is 15.0 Å². The van der Waals surface area contributed by atoms with E-state index in [-0.39, 0.29) is 31.2 Å². The number of carbonyl (C=O) groups excluding carboxylic acids is 1. The second kappa shape index (κ2) is 12.1. The number of hydrogen-bond acceptors (Lipinski definition) is 9. The van der Waals surface area contributed by atoms with Crippen LogP contribution < -0.4 is 25.2 Å². The first kappa shape index (κ1) is 25.1. The number of carbonyl (C=O) groups is 1. The molecule has 1 fully saturated rings. The normalized spacial score (nSPS) is 13.9. The van der Waals surface area contributed by atoms with Crippen LogP contribution in [0.2, 0.25) is 0 Å². The molecule has 1 amide bonds. The molecular formula is C25H31N7O4. The molecule has 11 nitrogen and oxygen atoms in total. The van der Waals surface area contributed by atoms with Crippen LogP contribution in [0.4, 0.5) is 5.82 Å². The van der Waals surface area contributed by atoms with Crippen molar-refractivity contribution in [2.24, 2.45) is 0 Å². The molecule has 1 aromatic carbocycles. The molecule has 1 N–H and O–H groups in total. The van der Waals surface area contributed by atoms with E-state index in [2.05, 4.69) is 37.1 Å². The van der Waals surface area contributed by atoms with Gasteiger partial charge < -0.3 is 24.6 Å². The van der Waals surface area contributed by atoms with Gasteiger partial charge >= 0.3 is 0 Å². The van der Waals surface area contributed by atoms with Crippen LogP contribution in [0, 0.1) is 0 Å². The lowest BCUT2D eigenvalue weighted by atomic mass is 10.1. The molecule has 0 atom stereocenters. The molecule has 0 bridgehead atoms. The zero-order valence-corrected chi connectivity index (χ0v) is 20.6. The Morgan fingerprint density at radius 2 is 1.81 bits per heavy atom. The van der Waals surface area contributed by atoms with Crippen LogP contribution in [-0.2, 0) is 11.3 Å². The van der Waals surface area contributed by atoms with E-state index in [1.807, 2.05) is 37.3 Å². The van der Waals surface area contributed by atoms with E-state index in [4.69, 9.17) is 9.47 Å². The summed E-state index contributed by atoms with van der Waals surface area (Å²) in [7, 11) is 2.10. The number of anilines is 1. The molecule has 11 heteroatoms. The van der Waals surface area contributed by atoms with Gasteiger partial charge in [-0.15, -0.1) is 0 Å². The van der Waals surface area contributed by atoms with Crippen LogP contribution >= 0.6 is 0 Å². The molecule has 2 aromatic heterocycles. The van der Waals surface area contributed by atoms with Gasteiger partial charge in [-0.2, -0.15) is 0 Å². The Kier molecular flexibility index (Phi) is 8.45. The summed E-state index contributed by atoms with van der Waals surface area (Å²) in [6, 6.07) is 10.6. The van der Waals surface area contributed by atoms with Gasteiger partial charge in [0.15, 0.2) is 0 Å². The predicted octanol–water partition coefficient (Wildman–Crippen LogP) is 1.05. The Hall–Kier alpha value is -3.99. The molecule has 3 aromatic rings. The maximum absolute atomic E-state index is 12.5. The van der Waals surface area contributed by atoms with Crippen molar-refractivity contribution in [3.8, 4) is 22.9 Å². The Labute approximate surface area is 209 Å². The quantitative estimate of drug-likeness (QED) is 0.414. The molecule has 0 unspecified atom stereocenters. The van der Waals surface area contributed by atoms with E-state index in [9.17, 15) is 9.59 Å². The summed E-state index contributed by atoms with van der Waals surface area (Å²) in [5.74, 6) is 1.73. The number of piperazine rings is 1. The topological polar surface area (TPSA) is 115 Å². The number of nitrogens with zero attached hydrogens (tertiary/aromatic N) is 6. The maximum Gasteiger partial charge on any atom is 0.254 e. The summed E-state index contributed by atoms with van der Waals surface area (Å²) >= 11 is 0. The third-order valence-corrected chi connectivity index (χ3v) is 5.78. The van der Waals surface area contributed by atoms with Crippen molar-refractivity contribution in [3.63, 3.8) is 0 Å². The van der Waals surface area contributed by atoms with Crippen LogP contribution in [0.25, 0.3) is 11.3 Å². The lowest BCUT2D eigenvalue weighted by Crippen LogP contribution is -2.44. The maximum atomic E-state index is 12.5. The summed E-state index contributed by atoms with van der Waals surface area (Å²) < 4.78 is 12.4. The molecule has 3 heterocycles. The highest BCUT2D eigenvalue weighted by Crippen LogP contribution is 2.19. The number of ether oxygens (including phenoxy) is 2. The first-order valence-corrected chi connectivity index (χ1v) is 12.0. The highest BCUT2D eigenvalue weighted by Gasteiger charge is 2.16. The largest absolute Gasteiger partial charge is 0.494 e. The fourth-order valence-electron chi connectivity index (χ4n) is 3.77. The Balaban J connectivity index is 1.23. The van der Waals surface area contributed by atoms with Gasteiger partial charge in [0.2, 0.25) is 11.8 Å². The summed E-state index contributed by atoms with van der Waals surface area (Å²) in [4.78, 5) is 42.1. The van der Waals surface area contributed by atoms with E-state index in [0.29, 0.717) is 18.2 Å². The van der Waals surface area contributed by atoms with Crippen LogP contribution in [0.1, 0.15) is 6.92 Å². The molecule has 1 saturated heterocycles. The third-order valence-electron chi connectivity index (χ3n) is 5.78. The summed E-state index contributed by atoms with van der Waals surface area (Å²) in [5, 5.41) is 2.75. The van der Waals surface area contributed by atoms with Crippen molar-refractivity contribution in [2.75, 3.05) is 57.9 Å². The fraction of sp³-hybridized carbons (Fsp3) is 0.400. The van der Waals surface area contributed by atoms with Gasteiger partial charge in [-0.1, -0.05) is 0 Å². The Morgan fingerprint density at radius 1 is 1.03 bits per heavy atom. The van der Waals surface area contributed by atoms with E-state index < -0.39 is 0 Å². The summed E-state index contributed by atoms with van der Waals surface area (Å²) in [6.45, 7) is 6.66. The number of nitrogens with one attached hydrogen (secondary N) is 1. The SMILES string of the molecule is CCOc1ccc(-c2cc(=O)n(CC(=O)NCCOc3cc(N4CCN(C)CC4)ncn3)cn2)cc1. The molecular weight excluding hydrogens is 462 g/mol. The molecule has 190 valence electrons. The molecule has 4 rings (SSSR count). The van der Waals surface area contributed by atoms with Crippen LogP contribution in [0.3, 0.4) is 0 Å². The van der Waals surface area contributed by atoms with Crippen molar-refractivity contribution in [3.05, 3.63) is 59.4 Å². The van der Waals surface area contributed by atoms with E-state index in [0.717, 1.165) is 43.3 Å². The molecule has 1 aliphatic heterocycles. The average Bonchev–Trinajstić information content (AvgIpc) is 2.89. The molecule has 0 spiro atoms. The minimum Gasteiger partial charge on any atom is -0.494 e. The summed E-state index contributed by atoms with van der Waals surface area (Å²) in [6.07, 6.45) is 2.86. The zero-order valence-electron chi connectivity index (χ0n) is 20.6. The molecule has 1 aliphatic rings. The monoisotopic (exact) mass is 493 g/mol. The second-order valence-electron chi connectivity index (χ2n) is 8.40.